The van der Waals surface area contributed by atoms with Gasteiger partial charge in [0.05, 0.1) is 6.04 Å². The van der Waals surface area contributed by atoms with E-state index in [4.69, 9.17) is 0 Å². The topological polar surface area (TPSA) is 91.6 Å². The molecule has 0 unspecified atom stereocenters. The number of pyridine rings is 1. The zero-order valence-electron chi connectivity index (χ0n) is 17.3. The number of carbonyl (C=O) groups is 2. The molecule has 2 amide bonds. The normalized spacial score (nSPS) is 24.0. The molecule has 2 aromatic rings. The van der Waals surface area contributed by atoms with Crippen molar-refractivity contribution in [3.63, 3.8) is 0 Å². The number of nitrogens with one attached hydrogen (secondary N) is 1. The summed E-state index contributed by atoms with van der Waals surface area (Å²) >= 11 is 0. The Labute approximate surface area is 182 Å². The number of aromatic nitrogens is 1. The molecule has 0 radical (unpaired) electrons. The van der Waals surface area contributed by atoms with Gasteiger partial charge in [0, 0.05) is 37.5 Å². The first-order valence-corrected chi connectivity index (χ1v) is 10.8. The molecule has 4 heterocycles. The van der Waals surface area contributed by atoms with Crippen molar-refractivity contribution < 1.29 is 23.5 Å². The van der Waals surface area contributed by atoms with Gasteiger partial charge in [0.25, 0.3) is 11.8 Å². The first kappa shape index (κ1) is 20.7. The van der Waals surface area contributed by atoms with Gasteiger partial charge in [-0.1, -0.05) is 6.07 Å². The van der Waals surface area contributed by atoms with Crippen molar-refractivity contribution >= 4 is 11.8 Å². The quantitative estimate of drug-likeness (QED) is 0.762. The highest BCUT2D eigenvalue weighted by Gasteiger charge is 2.44. The van der Waals surface area contributed by atoms with E-state index in [-0.39, 0.29) is 35.3 Å². The third kappa shape index (κ3) is 3.36. The van der Waals surface area contributed by atoms with E-state index in [9.17, 15) is 28.3 Å². The van der Waals surface area contributed by atoms with Crippen LogP contribution in [0.3, 0.4) is 0 Å². The van der Waals surface area contributed by atoms with Crippen molar-refractivity contribution in [3.8, 4) is 5.75 Å². The summed E-state index contributed by atoms with van der Waals surface area (Å²) in [7, 11) is 0. The van der Waals surface area contributed by atoms with Gasteiger partial charge in [0.2, 0.25) is 5.43 Å². The molecular formula is C23H23F2N3O4. The lowest BCUT2D eigenvalue weighted by Gasteiger charge is -2.39. The average molecular weight is 443 g/mol. The number of hydrogen-bond donors (Lipinski definition) is 2. The minimum atomic E-state index is -0.946. The predicted molar refractivity (Wildman–Crippen MR) is 110 cm³/mol. The molecule has 2 saturated heterocycles. The van der Waals surface area contributed by atoms with Crippen molar-refractivity contribution in [1.82, 2.24) is 14.8 Å². The molecule has 1 aromatic carbocycles. The molecule has 0 spiro atoms. The van der Waals surface area contributed by atoms with E-state index in [0.29, 0.717) is 31.0 Å². The molecule has 7 nitrogen and oxygen atoms in total. The number of benzene rings is 1. The zero-order chi connectivity index (χ0) is 22.6. The zero-order valence-corrected chi connectivity index (χ0v) is 17.3. The molecule has 2 N–H and O–H groups in total. The Hall–Kier alpha value is -3.23. The van der Waals surface area contributed by atoms with Crippen LogP contribution in [0.2, 0.25) is 0 Å². The van der Waals surface area contributed by atoms with Crippen molar-refractivity contribution in [2.75, 3.05) is 6.54 Å². The van der Waals surface area contributed by atoms with Crippen LogP contribution in [0.25, 0.3) is 0 Å². The standard InChI is InChI=1S/C23H23F2N3O4/c24-15-6-5-14(17(25)7-15)8-26-22(31)16-10-27-11-18-13-3-1-12(2-4-13)9-28(18)23(32)19(27)21(30)20(16)29/h5-7,10,12-13,18,30H,1-4,8-9,11H2,(H,26,31)/t12-,13-,18-/m1/s1. The van der Waals surface area contributed by atoms with Crippen molar-refractivity contribution in [2.24, 2.45) is 11.8 Å². The maximum Gasteiger partial charge on any atom is 0.274 e. The van der Waals surface area contributed by atoms with Gasteiger partial charge >= 0.3 is 0 Å². The summed E-state index contributed by atoms with van der Waals surface area (Å²) in [6, 6.07) is 2.95. The fourth-order valence-corrected chi connectivity index (χ4v) is 5.36. The number of amides is 2. The van der Waals surface area contributed by atoms with E-state index in [1.54, 1.807) is 4.90 Å². The smallest absolute Gasteiger partial charge is 0.274 e. The van der Waals surface area contributed by atoms with E-state index < -0.39 is 28.7 Å². The lowest BCUT2D eigenvalue weighted by molar-refractivity contribution is 0.0527. The van der Waals surface area contributed by atoms with Gasteiger partial charge in [0.1, 0.15) is 17.2 Å². The highest BCUT2D eigenvalue weighted by atomic mass is 19.1. The summed E-state index contributed by atoms with van der Waals surface area (Å²) in [6.07, 6.45) is 5.52. The second-order valence-electron chi connectivity index (χ2n) is 8.95. The maximum absolute atomic E-state index is 13.8. The Bertz CT molecular complexity index is 1170. The minimum absolute atomic E-state index is 0.0337. The highest BCUT2D eigenvalue weighted by molar-refractivity contribution is 5.99. The lowest BCUT2D eigenvalue weighted by Crippen LogP contribution is -2.51. The number of fused-ring (bicyclic) bond motifs is 3. The van der Waals surface area contributed by atoms with E-state index >= 15 is 0 Å². The number of halogens is 2. The fourth-order valence-electron chi connectivity index (χ4n) is 5.36. The fraction of sp³-hybridized carbons (Fsp3) is 0.435. The molecule has 1 aliphatic carbocycles. The monoisotopic (exact) mass is 443 g/mol. The number of carbonyl (C=O) groups excluding carboxylic acids is 2. The van der Waals surface area contributed by atoms with E-state index in [1.807, 2.05) is 0 Å². The average Bonchev–Trinajstić information content (AvgIpc) is 3.05. The van der Waals surface area contributed by atoms with Crippen molar-refractivity contribution in [2.45, 2.75) is 44.8 Å². The molecule has 6 rings (SSSR count). The van der Waals surface area contributed by atoms with Crippen molar-refractivity contribution in [1.29, 1.82) is 0 Å². The Kier molecular flexibility index (Phi) is 4.98. The van der Waals surface area contributed by atoms with E-state index in [0.717, 1.165) is 31.7 Å². The molecule has 32 heavy (non-hydrogen) atoms. The molecular weight excluding hydrogens is 420 g/mol. The summed E-state index contributed by atoms with van der Waals surface area (Å²) in [6.45, 7) is 0.768. The van der Waals surface area contributed by atoms with Crippen LogP contribution in [0.1, 0.15) is 52.1 Å². The summed E-state index contributed by atoms with van der Waals surface area (Å²) in [5, 5.41) is 13.0. The van der Waals surface area contributed by atoms with Gasteiger partial charge < -0.3 is 19.9 Å². The van der Waals surface area contributed by atoms with Gasteiger partial charge in [0.15, 0.2) is 11.4 Å². The largest absolute Gasteiger partial charge is 0.503 e. The number of rotatable bonds is 3. The van der Waals surface area contributed by atoms with Crippen LogP contribution in [0.15, 0.2) is 29.2 Å². The minimum Gasteiger partial charge on any atom is -0.503 e. The highest BCUT2D eigenvalue weighted by Crippen LogP contribution is 2.41. The van der Waals surface area contributed by atoms with E-state index in [1.165, 1.54) is 16.8 Å². The van der Waals surface area contributed by atoms with Gasteiger partial charge in [-0.25, -0.2) is 8.78 Å². The second kappa shape index (κ2) is 7.72. The Morgan fingerprint density at radius 1 is 1.12 bits per heavy atom. The molecule has 1 saturated carbocycles. The Morgan fingerprint density at radius 2 is 1.88 bits per heavy atom. The molecule has 1 aromatic heterocycles. The van der Waals surface area contributed by atoms with Gasteiger partial charge in [-0.05, 0) is 43.6 Å². The van der Waals surface area contributed by atoms with Crippen molar-refractivity contribution in [3.05, 3.63) is 63.1 Å². The predicted octanol–water partition coefficient (Wildman–Crippen LogP) is 2.41. The van der Waals surface area contributed by atoms with E-state index in [2.05, 4.69) is 5.32 Å². The lowest BCUT2D eigenvalue weighted by atomic mass is 9.81. The number of hydrogen-bond acceptors (Lipinski definition) is 4. The van der Waals surface area contributed by atoms with Crippen LogP contribution < -0.4 is 10.7 Å². The molecule has 4 aliphatic rings. The molecule has 3 aliphatic heterocycles. The van der Waals surface area contributed by atoms with Crippen LogP contribution in [0.5, 0.6) is 5.75 Å². The summed E-state index contributed by atoms with van der Waals surface area (Å²) in [5.41, 5.74) is -1.30. The third-order valence-electron chi connectivity index (χ3n) is 7.09. The van der Waals surface area contributed by atoms with Gasteiger partial charge in [-0.2, -0.15) is 0 Å². The summed E-state index contributed by atoms with van der Waals surface area (Å²) in [4.78, 5) is 40.4. The number of aromatic hydroxyl groups is 1. The summed E-state index contributed by atoms with van der Waals surface area (Å²) in [5.74, 6) is -2.68. The number of nitrogens with zero attached hydrogens (tertiary/aromatic N) is 2. The summed E-state index contributed by atoms with van der Waals surface area (Å²) < 4.78 is 28.4. The Morgan fingerprint density at radius 3 is 2.59 bits per heavy atom. The van der Waals surface area contributed by atoms with Crippen LogP contribution in [-0.2, 0) is 13.1 Å². The second-order valence-corrected chi connectivity index (χ2v) is 8.95. The first-order valence-electron chi connectivity index (χ1n) is 10.8. The first-order chi connectivity index (χ1) is 15.3. The molecule has 1 atom stereocenters. The third-order valence-corrected chi connectivity index (χ3v) is 7.09. The van der Waals surface area contributed by atoms with Crippen LogP contribution in [-0.4, -0.2) is 39.0 Å². The Balaban J connectivity index is 1.44. The molecule has 9 heteroatoms. The van der Waals surface area contributed by atoms with Crippen LogP contribution >= 0.6 is 0 Å². The molecule has 2 bridgehead atoms. The van der Waals surface area contributed by atoms with Gasteiger partial charge in [-0.15, -0.1) is 0 Å². The van der Waals surface area contributed by atoms with Crippen LogP contribution in [0.4, 0.5) is 8.78 Å². The molecule has 168 valence electrons. The van der Waals surface area contributed by atoms with Gasteiger partial charge in [-0.3, -0.25) is 14.4 Å². The maximum atomic E-state index is 13.8. The van der Waals surface area contributed by atoms with Crippen LogP contribution in [0, 0.1) is 23.5 Å². The SMILES string of the molecule is O=C(NCc1ccc(F)cc1F)c1cn2c(c(O)c1=O)C(=O)N1C[C@H]3CC[C@@H](CC3)[C@H]1C2. The molecule has 3 fully saturated rings.